The molecular weight excluding hydrogens is 196 g/mol. The van der Waals surface area contributed by atoms with Crippen LogP contribution in [-0.2, 0) is 0 Å². The molecule has 1 nitrogen and oxygen atoms in total. The normalized spacial score (nSPS) is 35.6. The van der Waals surface area contributed by atoms with E-state index in [9.17, 15) is 5.11 Å². The Labute approximate surface area is 92.8 Å². The first-order valence-electron chi connectivity index (χ1n) is 5.87. The van der Waals surface area contributed by atoms with E-state index >= 15 is 0 Å². The highest BCUT2D eigenvalue weighted by Crippen LogP contribution is 2.35. The summed E-state index contributed by atoms with van der Waals surface area (Å²) in [5.74, 6) is 2.77. The minimum Gasteiger partial charge on any atom is -0.393 e. The Kier molecular flexibility index (Phi) is 5.25. The molecule has 0 bridgehead atoms. The predicted octanol–water partition coefficient (Wildman–Crippen LogP) is 3.44. The highest BCUT2D eigenvalue weighted by molar-refractivity contribution is 6.17. The van der Waals surface area contributed by atoms with Gasteiger partial charge in [0.15, 0.2) is 0 Å². The van der Waals surface area contributed by atoms with E-state index in [1.165, 1.54) is 19.3 Å². The molecule has 2 heteroatoms. The molecule has 3 atom stereocenters. The SMILES string of the molecule is CC1CC(C)CC(C(O)CCCCl)C1. The van der Waals surface area contributed by atoms with Crippen LogP contribution in [0.1, 0.15) is 46.0 Å². The lowest BCUT2D eigenvalue weighted by molar-refractivity contribution is 0.0494. The third-order valence-corrected chi connectivity index (χ3v) is 3.66. The van der Waals surface area contributed by atoms with Crippen LogP contribution in [0.25, 0.3) is 0 Å². The largest absolute Gasteiger partial charge is 0.393 e. The van der Waals surface area contributed by atoms with Crippen LogP contribution in [0.15, 0.2) is 0 Å². The highest BCUT2D eigenvalue weighted by Gasteiger charge is 2.28. The van der Waals surface area contributed by atoms with E-state index < -0.39 is 0 Å². The lowest BCUT2D eigenvalue weighted by Crippen LogP contribution is -2.29. The standard InChI is InChI=1S/C12H23ClO/c1-9-6-10(2)8-11(7-9)12(14)4-3-5-13/h9-12,14H,3-8H2,1-2H3. The maximum absolute atomic E-state index is 9.98. The summed E-state index contributed by atoms with van der Waals surface area (Å²) in [5, 5.41) is 9.98. The second-order valence-corrected chi connectivity index (χ2v) is 5.45. The van der Waals surface area contributed by atoms with Gasteiger partial charge in [0, 0.05) is 5.88 Å². The van der Waals surface area contributed by atoms with Gasteiger partial charge < -0.3 is 5.11 Å². The summed E-state index contributed by atoms with van der Waals surface area (Å²) < 4.78 is 0. The van der Waals surface area contributed by atoms with Gasteiger partial charge in [-0.1, -0.05) is 13.8 Å². The Balaban J connectivity index is 2.34. The van der Waals surface area contributed by atoms with E-state index in [0.29, 0.717) is 11.8 Å². The predicted molar refractivity (Wildman–Crippen MR) is 61.6 cm³/mol. The Morgan fingerprint density at radius 1 is 1.21 bits per heavy atom. The van der Waals surface area contributed by atoms with Crippen molar-refractivity contribution in [1.29, 1.82) is 0 Å². The average molecular weight is 219 g/mol. The van der Waals surface area contributed by atoms with Gasteiger partial charge in [-0.2, -0.15) is 0 Å². The van der Waals surface area contributed by atoms with Gasteiger partial charge in [0.2, 0.25) is 0 Å². The van der Waals surface area contributed by atoms with Crippen molar-refractivity contribution in [3.05, 3.63) is 0 Å². The van der Waals surface area contributed by atoms with E-state index in [-0.39, 0.29) is 6.10 Å². The van der Waals surface area contributed by atoms with Gasteiger partial charge in [-0.25, -0.2) is 0 Å². The number of alkyl halides is 1. The molecule has 1 aliphatic carbocycles. The molecule has 0 aliphatic heterocycles. The van der Waals surface area contributed by atoms with Gasteiger partial charge in [-0.15, -0.1) is 11.6 Å². The molecule has 14 heavy (non-hydrogen) atoms. The lowest BCUT2D eigenvalue weighted by Gasteiger charge is -2.34. The average Bonchev–Trinajstić information content (AvgIpc) is 2.12. The maximum Gasteiger partial charge on any atom is 0.0569 e. The zero-order chi connectivity index (χ0) is 10.6. The van der Waals surface area contributed by atoms with Gasteiger partial charge in [0.25, 0.3) is 0 Å². The van der Waals surface area contributed by atoms with Crippen LogP contribution in [0.4, 0.5) is 0 Å². The molecule has 84 valence electrons. The molecule has 0 saturated heterocycles. The van der Waals surface area contributed by atoms with Gasteiger partial charge in [-0.05, 0) is 49.9 Å². The fraction of sp³-hybridized carbons (Fsp3) is 1.00. The van der Waals surface area contributed by atoms with Gasteiger partial charge >= 0.3 is 0 Å². The van der Waals surface area contributed by atoms with Crippen LogP contribution in [0.3, 0.4) is 0 Å². The van der Waals surface area contributed by atoms with Gasteiger partial charge in [0.05, 0.1) is 6.10 Å². The Morgan fingerprint density at radius 2 is 1.79 bits per heavy atom. The molecule has 0 amide bonds. The number of aliphatic hydroxyl groups excluding tert-OH is 1. The number of aliphatic hydroxyl groups is 1. The fourth-order valence-electron chi connectivity index (χ4n) is 2.85. The molecule has 3 unspecified atom stereocenters. The van der Waals surface area contributed by atoms with Crippen LogP contribution < -0.4 is 0 Å². The Hall–Kier alpha value is 0.250. The van der Waals surface area contributed by atoms with Crippen molar-refractivity contribution in [3.63, 3.8) is 0 Å². The maximum atomic E-state index is 9.98. The van der Waals surface area contributed by atoms with E-state index in [1.54, 1.807) is 0 Å². The first kappa shape index (κ1) is 12.3. The number of halogens is 1. The number of rotatable bonds is 4. The van der Waals surface area contributed by atoms with Gasteiger partial charge in [0.1, 0.15) is 0 Å². The van der Waals surface area contributed by atoms with Crippen LogP contribution in [0, 0.1) is 17.8 Å². The Morgan fingerprint density at radius 3 is 2.29 bits per heavy atom. The Bertz CT molecular complexity index is 150. The van der Waals surface area contributed by atoms with E-state index in [4.69, 9.17) is 11.6 Å². The molecule has 0 radical (unpaired) electrons. The first-order valence-corrected chi connectivity index (χ1v) is 6.41. The summed E-state index contributed by atoms with van der Waals surface area (Å²) >= 11 is 5.63. The molecule has 1 N–H and O–H groups in total. The van der Waals surface area contributed by atoms with E-state index in [0.717, 1.165) is 24.7 Å². The van der Waals surface area contributed by atoms with Crippen molar-refractivity contribution in [2.75, 3.05) is 5.88 Å². The van der Waals surface area contributed by atoms with Crippen LogP contribution >= 0.6 is 11.6 Å². The molecule has 1 fully saturated rings. The van der Waals surface area contributed by atoms with E-state index in [2.05, 4.69) is 13.8 Å². The minimum atomic E-state index is -0.112. The highest BCUT2D eigenvalue weighted by atomic mass is 35.5. The minimum absolute atomic E-state index is 0.112. The van der Waals surface area contributed by atoms with Crippen molar-refractivity contribution < 1.29 is 5.11 Å². The summed E-state index contributed by atoms with van der Waals surface area (Å²) in [7, 11) is 0. The molecule has 1 aliphatic rings. The molecular formula is C12H23ClO. The van der Waals surface area contributed by atoms with Crippen LogP contribution in [-0.4, -0.2) is 17.1 Å². The molecule has 0 heterocycles. The number of hydrogen-bond donors (Lipinski definition) is 1. The van der Waals surface area contributed by atoms with Crippen molar-refractivity contribution >= 4 is 11.6 Å². The summed E-state index contributed by atoms with van der Waals surface area (Å²) in [6.45, 7) is 4.61. The van der Waals surface area contributed by atoms with Crippen molar-refractivity contribution in [2.45, 2.75) is 52.1 Å². The molecule has 0 aromatic heterocycles. The fourth-order valence-corrected chi connectivity index (χ4v) is 3.00. The second-order valence-electron chi connectivity index (χ2n) is 5.08. The zero-order valence-electron chi connectivity index (χ0n) is 9.38. The van der Waals surface area contributed by atoms with Crippen molar-refractivity contribution in [1.82, 2.24) is 0 Å². The van der Waals surface area contributed by atoms with Gasteiger partial charge in [-0.3, -0.25) is 0 Å². The summed E-state index contributed by atoms with van der Waals surface area (Å²) in [5.41, 5.74) is 0. The van der Waals surface area contributed by atoms with Crippen molar-refractivity contribution in [2.24, 2.45) is 17.8 Å². The number of hydrogen-bond acceptors (Lipinski definition) is 1. The lowest BCUT2D eigenvalue weighted by atomic mass is 9.74. The smallest absolute Gasteiger partial charge is 0.0569 e. The molecule has 0 aromatic rings. The quantitative estimate of drug-likeness (QED) is 0.717. The van der Waals surface area contributed by atoms with Crippen molar-refractivity contribution in [3.8, 4) is 0 Å². The van der Waals surface area contributed by atoms with Crippen LogP contribution in [0.5, 0.6) is 0 Å². The zero-order valence-corrected chi connectivity index (χ0v) is 10.1. The molecule has 1 saturated carbocycles. The summed E-state index contributed by atoms with van der Waals surface area (Å²) in [6, 6.07) is 0. The molecule has 0 aromatic carbocycles. The molecule has 1 rings (SSSR count). The third kappa shape index (κ3) is 3.78. The third-order valence-electron chi connectivity index (χ3n) is 3.39. The summed E-state index contributed by atoms with van der Waals surface area (Å²) in [4.78, 5) is 0. The molecule has 0 spiro atoms. The second kappa shape index (κ2) is 5.97. The monoisotopic (exact) mass is 218 g/mol. The topological polar surface area (TPSA) is 20.2 Å². The summed E-state index contributed by atoms with van der Waals surface area (Å²) in [6.07, 6.45) is 5.45. The first-order chi connectivity index (χ1) is 6.63. The van der Waals surface area contributed by atoms with E-state index in [1.807, 2.05) is 0 Å². The van der Waals surface area contributed by atoms with Crippen LogP contribution in [0.2, 0.25) is 0 Å².